The standard InChI is InChI=1S/C12H11NO3/c1-15-10-5-3-8-2-4-9-7-16-12(14)13(9)11(8)6-10/h2-6,9H,7H2,1H3/t9-/m0/s1. The second-order valence-corrected chi connectivity index (χ2v) is 3.80. The number of anilines is 1. The minimum Gasteiger partial charge on any atom is -0.497 e. The lowest BCUT2D eigenvalue weighted by Crippen LogP contribution is -2.34. The molecule has 0 aromatic heterocycles. The molecule has 2 aliphatic rings. The average Bonchev–Trinajstić information content (AvgIpc) is 2.71. The molecule has 0 spiro atoms. The van der Waals surface area contributed by atoms with Gasteiger partial charge in [-0.2, -0.15) is 0 Å². The highest BCUT2D eigenvalue weighted by atomic mass is 16.6. The fourth-order valence-electron chi connectivity index (χ4n) is 2.07. The van der Waals surface area contributed by atoms with E-state index in [2.05, 4.69) is 0 Å². The Balaban J connectivity index is 2.13. The molecule has 0 radical (unpaired) electrons. The summed E-state index contributed by atoms with van der Waals surface area (Å²) in [6.07, 6.45) is 3.71. The quantitative estimate of drug-likeness (QED) is 0.722. The molecule has 16 heavy (non-hydrogen) atoms. The molecule has 1 aromatic carbocycles. The fourth-order valence-corrected chi connectivity index (χ4v) is 2.07. The summed E-state index contributed by atoms with van der Waals surface area (Å²) in [5.74, 6) is 0.743. The highest BCUT2D eigenvalue weighted by Crippen LogP contribution is 2.35. The Morgan fingerprint density at radius 1 is 1.50 bits per heavy atom. The van der Waals surface area contributed by atoms with Crippen LogP contribution in [0.2, 0.25) is 0 Å². The van der Waals surface area contributed by atoms with Gasteiger partial charge >= 0.3 is 6.09 Å². The predicted octanol–water partition coefficient (Wildman–Crippen LogP) is 2.05. The van der Waals surface area contributed by atoms with Crippen molar-refractivity contribution in [1.82, 2.24) is 0 Å². The normalized spacial score (nSPS) is 21.4. The van der Waals surface area contributed by atoms with Crippen LogP contribution < -0.4 is 9.64 Å². The first-order chi connectivity index (χ1) is 7.79. The summed E-state index contributed by atoms with van der Waals surface area (Å²) in [5, 5.41) is 0. The van der Waals surface area contributed by atoms with Gasteiger partial charge in [0.2, 0.25) is 0 Å². The van der Waals surface area contributed by atoms with Crippen LogP contribution in [0, 0.1) is 0 Å². The van der Waals surface area contributed by atoms with E-state index >= 15 is 0 Å². The predicted molar refractivity (Wildman–Crippen MR) is 59.6 cm³/mol. The van der Waals surface area contributed by atoms with Gasteiger partial charge in [-0.25, -0.2) is 4.79 Å². The van der Waals surface area contributed by atoms with Crippen LogP contribution in [0.1, 0.15) is 5.56 Å². The maximum Gasteiger partial charge on any atom is 0.415 e. The molecule has 0 N–H and O–H groups in total. The molecule has 2 heterocycles. The highest BCUT2D eigenvalue weighted by molar-refractivity contribution is 5.95. The van der Waals surface area contributed by atoms with E-state index in [9.17, 15) is 4.79 Å². The molecular formula is C12H11NO3. The number of rotatable bonds is 1. The van der Waals surface area contributed by atoms with Crippen molar-refractivity contribution in [3.8, 4) is 5.75 Å². The van der Waals surface area contributed by atoms with Crippen LogP contribution in [0.15, 0.2) is 24.3 Å². The third-order valence-corrected chi connectivity index (χ3v) is 2.90. The van der Waals surface area contributed by atoms with Crippen molar-refractivity contribution in [3.63, 3.8) is 0 Å². The van der Waals surface area contributed by atoms with Gasteiger partial charge in [0, 0.05) is 6.07 Å². The third-order valence-electron chi connectivity index (χ3n) is 2.90. The SMILES string of the molecule is COc1ccc2c(c1)N1C(=O)OC[C@@H]1C=C2. The number of amides is 1. The Morgan fingerprint density at radius 2 is 2.38 bits per heavy atom. The van der Waals surface area contributed by atoms with E-state index in [1.165, 1.54) is 0 Å². The molecule has 3 rings (SSSR count). The van der Waals surface area contributed by atoms with Gasteiger partial charge in [-0.15, -0.1) is 0 Å². The fraction of sp³-hybridized carbons (Fsp3) is 0.250. The molecular weight excluding hydrogens is 206 g/mol. The van der Waals surface area contributed by atoms with Gasteiger partial charge in [-0.05, 0) is 17.7 Å². The summed E-state index contributed by atoms with van der Waals surface area (Å²) in [4.78, 5) is 13.3. The summed E-state index contributed by atoms with van der Waals surface area (Å²) >= 11 is 0. The van der Waals surface area contributed by atoms with Crippen LogP contribution >= 0.6 is 0 Å². The maximum atomic E-state index is 11.6. The van der Waals surface area contributed by atoms with Crippen molar-refractivity contribution in [2.45, 2.75) is 6.04 Å². The largest absolute Gasteiger partial charge is 0.497 e. The molecule has 0 bridgehead atoms. The van der Waals surface area contributed by atoms with E-state index in [1.54, 1.807) is 12.0 Å². The van der Waals surface area contributed by atoms with Gasteiger partial charge in [0.15, 0.2) is 0 Å². The maximum absolute atomic E-state index is 11.6. The number of methoxy groups -OCH3 is 1. The molecule has 0 aliphatic carbocycles. The zero-order valence-corrected chi connectivity index (χ0v) is 8.84. The van der Waals surface area contributed by atoms with E-state index in [1.807, 2.05) is 30.4 Å². The smallest absolute Gasteiger partial charge is 0.415 e. The number of cyclic esters (lactones) is 1. The molecule has 0 unspecified atom stereocenters. The van der Waals surface area contributed by atoms with Gasteiger partial charge < -0.3 is 9.47 Å². The van der Waals surface area contributed by atoms with Crippen molar-refractivity contribution in [1.29, 1.82) is 0 Å². The molecule has 1 saturated heterocycles. The lowest BCUT2D eigenvalue weighted by atomic mass is 10.0. The topological polar surface area (TPSA) is 38.8 Å². The van der Waals surface area contributed by atoms with Gasteiger partial charge in [0.1, 0.15) is 12.4 Å². The van der Waals surface area contributed by atoms with Gasteiger partial charge in [-0.3, -0.25) is 4.90 Å². The number of carbonyl (C=O) groups is 1. The van der Waals surface area contributed by atoms with E-state index < -0.39 is 0 Å². The Morgan fingerprint density at radius 3 is 3.19 bits per heavy atom. The van der Waals surface area contributed by atoms with E-state index in [4.69, 9.17) is 9.47 Å². The number of nitrogens with zero attached hydrogens (tertiary/aromatic N) is 1. The molecule has 82 valence electrons. The van der Waals surface area contributed by atoms with E-state index in [-0.39, 0.29) is 12.1 Å². The van der Waals surface area contributed by atoms with Crippen LogP contribution in [0.5, 0.6) is 5.75 Å². The summed E-state index contributed by atoms with van der Waals surface area (Å²) in [6.45, 7) is 0.423. The first-order valence-corrected chi connectivity index (χ1v) is 5.12. The van der Waals surface area contributed by atoms with Crippen LogP contribution in [-0.2, 0) is 4.74 Å². The minimum absolute atomic E-state index is 0.0205. The van der Waals surface area contributed by atoms with E-state index in [0.29, 0.717) is 6.61 Å². The number of carbonyl (C=O) groups excluding carboxylic acids is 1. The zero-order chi connectivity index (χ0) is 11.1. The molecule has 1 fully saturated rings. The van der Waals surface area contributed by atoms with Gasteiger partial charge in [0.25, 0.3) is 0 Å². The Bertz CT molecular complexity index is 481. The van der Waals surface area contributed by atoms with Crippen molar-refractivity contribution < 1.29 is 14.3 Å². The number of fused-ring (bicyclic) bond motifs is 3. The number of hydrogen-bond acceptors (Lipinski definition) is 3. The number of hydrogen-bond donors (Lipinski definition) is 0. The Labute approximate surface area is 93.1 Å². The molecule has 1 amide bonds. The van der Waals surface area contributed by atoms with Crippen molar-refractivity contribution in [3.05, 3.63) is 29.8 Å². The molecule has 1 aromatic rings. The average molecular weight is 217 g/mol. The number of ether oxygens (including phenoxy) is 2. The lowest BCUT2D eigenvalue weighted by molar-refractivity contribution is 0.180. The molecule has 1 atom stereocenters. The molecule has 4 heteroatoms. The van der Waals surface area contributed by atoms with Crippen molar-refractivity contribution in [2.75, 3.05) is 18.6 Å². The molecule has 0 saturated carbocycles. The first kappa shape index (κ1) is 9.27. The lowest BCUT2D eigenvalue weighted by Gasteiger charge is -2.25. The Kier molecular flexibility index (Phi) is 1.89. The summed E-state index contributed by atoms with van der Waals surface area (Å²) in [5.41, 5.74) is 1.87. The van der Waals surface area contributed by atoms with Gasteiger partial charge in [-0.1, -0.05) is 12.2 Å². The van der Waals surface area contributed by atoms with Crippen LogP contribution in [-0.4, -0.2) is 25.9 Å². The monoisotopic (exact) mass is 217 g/mol. The van der Waals surface area contributed by atoms with Crippen molar-refractivity contribution >= 4 is 17.9 Å². The molecule has 4 nitrogen and oxygen atoms in total. The number of benzene rings is 1. The minimum atomic E-state index is -0.288. The van der Waals surface area contributed by atoms with Crippen molar-refractivity contribution in [2.24, 2.45) is 0 Å². The summed E-state index contributed by atoms with van der Waals surface area (Å²) in [7, 11) is 1.61. The first-order valence-electron chi connectivity index (χ1n) is 5.12. The second-order valence-electron chi connectivity index (χ2n) is 3.80. The molecule has 2 aliphatic heterocycles. The Hall–Kier alpha value is -1.97. The third kappa shape index (κ3) is 1.19. The van der Waals surface area contributed by atoms with Crippen LogP contribution in [0.4, 0.5) is 10.5 Å². The second kappa shape index (κ2) is 3.27. The van der Waals surface area contributed by atoms with Gasteiger partial charge in [0.05, 0.1) is 18.8 Å². The highest BCUT2D eigenvalue weighted by Gasteiger charge is 2.35. The zero-order valence-electron chi connectivity index (χ0n) is 8.84. The van der Waals surface area contributed by atoms with Crippen LogP contribution in [0.3, 0.4) is 0 Å². The summed E-state index contributed by atoms with van der Waals surface area (Å²) in [6, 6.07) is 5.70. The summed E-state index contributed by atoms with van der Waals surface area (Å²) < 4.78 is 10.2. The van der Waals surface area contributed by atoms with Crippen LogP contribution in [0.25, 0.3) is 6.08 Å². The van der Waals surface area contributed by atoms with E-state index in [0.717, 1.165) is 17.0 Å².